The summed E-state index contributed by atoms with van der Waals surface area (Å²) >= 11 is 0. The normalized spacial score (nSPS) is 17.8. The number of aromatic nitrogens is 3. The van der Waals surface area contributed by atoms with E-state index in [1.54, 1.807) is 0 Å². The molecular formula is C69H53N5. The predicted molar refractivity (Wildman–Crippen MR) is 312 cm³/mol. The second-order valence-electron chi connectivity index (χ2n) is 20.3. The topological polar surface area (TPSA) is 21.3 Å². The number of benzene rings is 7. The van der Waals surface area contributed by atoms with E-state index in [1.165, 1.54) is 89.3 Å². The molecular weight excluding hydrogens is 899 g/mol. The lowest BCUT2D eigenvalue weighted by Gasteiger charge is -2.32. The first-order valence-corrected chi connectivity index (χ1v) is 26.3. The van der Waals surface area contributed by atoms with E-state index in [0.29, 0.717) is 11.8 Å². The SMILES string of the molecule is C1=CCC=CC(N(C2=Cc3c(n(C4=CC=CCC=C4)c4ccccc34)CC2)c2ccc(N(c3ccc4c(c3)c3ccccc3n4C3=CC4CC4C=C3)c3ccc4c(c3)c3ccccc3n4-c3ccccc3)cc2)=C1. The van der Waals surface area contributed by atoms with Crippen LogP contribution in [0, 0.1) is 11.8 Å². The van der Waals surface area contributed by atoms with E-state index in [0.717, 1.165) is 59.8 Å². The Labute approximate surface area is 431 Å². The van der Waals surface area contributed by atoms with E-state index in [2.05, 4.69) is 272 Å². The van der Waals surface area contributed by atoms with Crippen molar-refractivity contribution in [3.8, 4) is 5.69 Å². The molecule has 0 saturated heterocycles. The van der Waals surface area contributed by atoms with E-state index in [4.69, 9.17) is 0 Å². The third kappa shape index (κ3) is 6.98. The van der Waals surface area contributed by atoms with Crippen LogP contribution in [0.5, 0.6) is 0 Å². The van der Waals surface area contributed by atoms with E-state index < -0.39 is 0 Å². The molecule has 5 aliphatic carbocycles. The molecule has 2 atom stereocenters. The van der Waals surface area contributed by atoms with Gasteiger partial charge in [0.1, 0.15) is 0 Å². The first-order chi connectivity index (χ1) is 36.7. The third-order valence-corrected chi connectivity index (χ3v) is 15.9. The van der Waals surface area contributed by atoms with Crippen LogP contribution in [-0.2, 0) is 6.42 Å². The van der Waals surface area contributed by atoms with Crippen molar-refractivity contribution in [1.82, 2.24) is 13.7 Å². The van der Waals surface area contributed by atoms with Gasteiger partial charge in [0.05, 0.1) is 27.6 Å². The highest BCUT2D eigenvalue weighted by Crippen LogP contribution is 2.48. The lowest BCUT2D eigenvalue weighted by molar-refractivity contribution is 0.837. The maximum Gasteiger partial charge on any atom is 0.0542 e. The maximum atomic E-state index is 2.49. The Kier molecular flexibility index (Phi) is 9.97. The first kappa shape index (κ1) is 42.6. The Bertz CT molecular complexity index is 4230. The van der Waals surface area contributed by atoms with Crippen molar-refractivity contribution < 1.29 is 0 Å². The molecule has 3 aromatic heterocycles. The predicted octanol–water partition coefficient (Wildman–Crippen LogP) is 17.9. The summed E-state index contributed by atoms with van der Waals surface area (Å²) in [6, 6.07) is 60.8. The lowest BCUT2D eigenvalue weighted by atomic mass is 9.97. The summed E-state index contributed by atoms with van der Waals surface area (Å²) < 4.78 is 7.37. The lowest BCUT2D eigenvalue weighted by Crippen LogP contribution is -2.23. The van der Waals surface area contributed by atoms with Gasteiger partial charge < -0.3 is 23.5 Å². The van der Waals surface area contributed by atoms with Gasteiger partial charge >= 0.3 is 0 Å². The van der Waals surface area contributed by atoms with Crippen LogP contribution in [-0.4, -0.2) is 13.7 Å². The molecule has 5 heteroatoms. The monoisotopic (exact) mass is 951 g/mol. The quantitative estimate of drug-likeness (QED) is 0.144. The van der Waals surface area contributed by atoms with Gasteiger partial charge in [-0.1, -0.05) is 121 Å². The second-order valence-corrected chi connectivity index (χ2v) is 20.3. The first-order valence-electron chi connectivity index (χ1n) is 26.3. The highest BCUT2D eigenvalue weighted by molar-refractivity contribution is 6.13. The summed E-state index contributed by atoms with van der Waals surface area (Å²) in [6.07, 6.45) is 37.2. The van der Waals surface area contributed by atoms with Gasteiger partial charge in [-0.2, -0.15) is 0 Å². The number of nitrogens with zero attached hydrogens (tertiary/aromatic N) is 5. The van der Waals surface area contributed by atoms with Gasteiger partial charge in [-0.3, -0.25) is 0 Å². The second kappa shape index (κ2) is 17.3. The zero-order valence-electron chi connectivity index (χ0n) is 41.1. The Balaban J connectivity index is 0.896. The molecule has 0 spiro atoms. The number of anilines is 4. The van der Waals surface area contributed by atoms with Gasteiger partial charge in [-0.25, -0.2) is 0 Å². The Hall–Kier alpha value is -9.06. The maximum absolute atomic E-state index is 2.49. The minimum absolute atomic E-state index is 0.645. The molecule has 354 valence electrons. The molecule has 1 saturated carbocycles. The number of allylic oxidation sites excluding steroid dienone is 16. The van der Waals surface area contributed by atoms with Crippen LogP contribution in [0.2, 0.25) is 0 Å². The zero-order chi connectivity index (χ0) is 48.7. The summed E-state index contributed by atoms with van der Waals surface area (Å²) in [6.45, 7) is 0. The summed E-state index contributed by atoms with van der Waals surface area (Å²) in [4.78, 5) is 4.95. The summed E-state index contributed by atoms with van der Waals surface area (Å²) in [5.74, 6) is 1.35. The molecule has 0 radical (unpaired) electrons. The highest BCUT2D eigenvalue weighted by atomic mass is 15.2. The van der Waals surface area contributed by atoms with Crippen LogP contribution < -0.4 is 9.80 Å². The van der Waals surface area contributed by atoms with Gasteiger partial charge in [0.25, 0.3) is 0 Å². The van der Waals surface area contributed by atoms with Gasteiger partial charge in [0.2, 0.25) is 0 Å². The molecule has 0 aliphatic heterocycles. The molecule has 10 aromatic rings. The summed E-state index contributed by atoms with van der Waals surface area (Å²) in [5.41, 5.74) is 19.3. The van der Waals surface area contributed by atoms with Crippen molar-refractivity contribution in [2.24, 2.45) is 11.8 Å². The van der Waals surface area contributed by atoms with E-state index >= 15 is 0 Å². The summed E-state index contributed by atoms with van der Waals surface area (Å²) in [5, 5.41) is 6.23. The molecule has 5 nitrogen and oxygen atoms in total. The van der Waals surface area contributed by atoms with Crippen LogP contribution in [0.25, 0.3) is 77.7 Å². The summed E-state index contributed by atoms with van der Waals surface area (Å²) in [7, 11) is 0. The van der Waals surface area contributed by atoms with Crippen molar-refractivity contribution in [2.45, 2.75) is 32.1 Å². The van der Waals surface area contributed by atoms with Gasteiger partial charge in [0, 0.05) is 89.4 Å². The van der Waals surface area contributed by atoms with Crippen molar-refractivity contribution in [3.05, 3.63) is 265 Å². The van der Waals surface area contributed by atoms with E-state index in [-0.39, 0.29) is 0 Å². The molecule has 2 unspecified atom stereocenters. The molecule has 15 rings (SSSR count). The standard InChI is InChI=1S/C69H53N5/c1-2-7-19-49(18-6-1)70(55-36-39-67-61(44-55)58-24-12-15-27-64(58)72(67)50-20-8-3-4-9-21-50)52-32-34-53(35-33-52)71(56-37-40-68-62(45-56)59-25-13-16-28-65(59)73(68)51-22-10-5-11-23-51)57-38-41-69-63(46-57)60-26-14-17-29-66(60)74(69)54-31-30-47-42-48(47)43-54/h1,3,5-35,37-38,40-41,43-48H,2,4,36,39,42H2. The van der Waals surface area contributed by atoms with E-state index in [1.807, 2.05) is 0 Å². The third-order valence-electron chi connectivity index (χ3n) is 15.9. The average molecular weight is 952 g/mol. The fourth-order valence-electron chi connectivity index (χ4n) is 12.4. The van der Waals surface area contributed by atoms with Crippen LogP contribution in [0.1, 0.15) is 36.9 Å². The number of para-hydroxylation sites is 4. The zero-order valence-corrected chi connectivity index (χ0v) is 41.1. The number of fused-ring (bicyclic) bond motifs is 10. The Morgan fingerprint density at radius 2 is 1.00 bits per heavy atom. The van der Waals surface area contributed by atoms with Gasteiger partial charge in [-0.05, 0) is 171 Å². The minimum Gasteiger partial charge on any atom is -0.314 e. The minimum atomic E-state index is 0.645. The van der Waals surface area contributed by atoms with Crippen LogP contribution in [0.4, 0.5) is 22.7 Å². The molecule has 74 heavy (non-hydrogen) atoms. The Morgan fingerprint density at radius 3 is 1.72 bits per heavy atom. The molecule has 3 heterocycles. The van der Waals surface area contributed by atoms with Crippen LogP contribution in [0.15, 0.2) is 254 Å². The van der Waals surface area contributed by atoms with Crippen molar-refractivity contribution >= 4 is 94.7 Å². The van der Waals surface area contributed by atoms with Crippen LogP contribution >= 0.6 is 0 Å². The molecule has 7 aromatic carbocycles. The highest BCUT2D eigenvalue weighted by Gasteiger charge is 2.36. The number of hydrogen-bond acceptors (Lipinski definition) is 2. The smallest absolute Gasteiger partial charge is 0.0542 e. The molecule has 0 N–H and O–H groups in total. The van der Waals surface area contributed by atoms with Crippen molar-refractivity contribution in [3.63, 3.8) is 0 Å². The molecule has 1 fully saturated rings. The fraction of sp³-hybridized carbons (Fsp3) is 0.101. The fourth-order valence-corrected chi connectivity index (χ4v) is 12.4. The van der Waals surface area contributed by atoms with Crippen molar-refractivity contribution in [2.75, 3.05) is 9.80 Å². The molecule has 0 bridgehead atoms. The largest absolute Gasteiger partial charge is 0.314 e. The number of hydrogen-bond donors (Lipinski definition) is 0. The number of rotatable bonds is 9. The average Bonchev–Trinajstić information content (AvgIpc) is 4.14. The van der Waals surface area contributed by atoms with Gasteiger partial charge in [-0.15, -0.1) is 0 Å². The molecule has 5 aliphatic rings. The molecule has 0 amide bonds. The van der Waals surface area contributed by atoms with Gasteiger partial charge in [0.15, 0.2) is 0 Å². The van der Waals surface area contributed by atoms with Crippen LogP contribution in [0.3, 0.4) is 0 Å². The van der Waals surface area contributed by atoms with Crippen molar-refractivity contribution in [1.29, 1.82) is 0 Å². The Morgan fingerprint density at radius 1 is 0.419 bits per heavy atom. The van der Waals surface area contributed by atoms with E-state index in [9.17, 15) is 0 Å².